The average Bonchev–Trinajstić information content (AvgIpc) is 3.11. The van der Waals surface area contributed by atoms with Crippen LogP contribution in [0.1, 0.15) is 31.7 Å². The van der Waals surface area contributed by atoms with Crippen LogP contribution in [-0.4, -0.2) is 32.6 Å². The highest BCUT2D eigenvalue weighted by Crippen LogP contribution is 2.26. The Morgan fingerprint density at radius 1 is 1.07 bits per heavy atom. The van der Waals surface area contributed by atoms with E-state index in [0.29, 0.717) is 0 Å². The standard InChI is InChI=1S/C23H26N6S/c1-2-29-21-13-19-18(12-20(21)27-23(29)30)22(26-15-25-19)24-14-16-6-8-17(9-7-16)28-10-4-3-5-11-28/h6-9,12-13,15H,2-5,10-11,14H2,1H3,(H,27,30)(H,24,25,26). The molecule has 3 heterocycles. The number of hydrogen-bond donors (Lipinski definition) is 2. The number of anilines is 2. The number of nitrogens with one attached hydrogen (secondary N) is 2. The van der Waals surface area contributed by atoms with Crippen molar-refractivity contribution >= 4 is 45.7 Å². The molecule has 2 aromatic heterocycles. The van der Waals surface area contributed by atoms with Crippen LogP contribution in [0.5, 0.6) is 0 Å². The van der Waals surface area contributed by atoms with E-state index in [2.05, 4.69) is 73.1 Å². The first-order valence-corrected chi connectivity index (χ1v) is 11.1. The molecular formula is C23H26N6S. The molecule has 2 N–H and O–H groups in total. The number of hydrogen-bond acceptors (Lipinski definition) is 5. The molecule has 1 saturated heterocycles. The van der Waals surface area contributed by atoms with E-state index < -0.39 is 0 Å². The largest absolute Gasteiger partial charge is 0.372 e. The van der Waals surface area contributed by atoms with Gasteiger partial charge in [0.1, 0.15) is 12.1 Å². The lowest BCUT2D eigenvalue weighted by atomic mass is 10.1. The van der Waals surface area contributed by atoms with Gasteiger partial charge in [-0.2, -0.15) is 0 Å². The number of imidazole rings is 1. The summed E-state index contributed by atoms with van der Waals surface area (Å²) in [6.07, 6.45) is 5.56. The fourth-order valence-electron chi connectivity index (χ4n) is 4.32. The van der Waals surface area contributed by atoms with Crippen molar-refractivity contribution in [3.05, 3.63) is 53.1 Å². The van der Waals surface area contributed by atoms with Gasteiger partial charge in [0.25, 0.3) is 0 Å². The van der Waals surface area contributed by atoms with Crippen molar-refractivity contribution in [3.63, 3.8) is 0 Å². The van der Waals surface area contributed by atoms with E-state index >= 15 is 0 Å². The van der Waals surface area contributed by atoms with E-state index in [4.69, 9.17) is 12.2 Å². The Hall–Kier alpha value is -2.93. The summed E-state index contributed by atoms with van der Waals surface area (Å²) in [4.78, 5) is 14.7. The highest BCUT2D eigenvalue weighted by molar-refractivity contribution is 7.71. The van der Waals surface area contributed by atoms with E-state index in [1.165, 1.54) is 43.6 Å². The van der Waals surface area contributed by atoms with E-state index in [9.17, 15) is 0 Å². The van der Waals surface area contributed by atoms with Crippen LogP contribution in [0.4, 0.5) is 11.5 Å². The zero-order valence-electron chi connectivity index (χ0n) is 17.2. The number of H-pyrrole nitrogens is 1. The molecular weight excluding hydrogens is 392 g/mol. The Morgan fingerprint density at radius 2 is 1.87 bits per heavy atom. The van der Waals surface area contributed by atoms with Gasteiger partial charge in [0, 0.05) is 37.3 Å². The minimum absolute atomic E-state index is 0.719. The molecule has 1 aliphatic rings. The number of aromatic amines is 1. The second-order valence-corrected chi connectivity index (χ2v) is 8.24. The Morgan fingerprint density at radius 3 is 2.63 bits per heavy atom. The Kier molecular flexibility index (Phi) is 5.12. The van der Waals surface area contributed by atoms with E-state index in [1.807, 2.05) is 0 Å². The third-order valence-electron chi connectivity index (χ3n) is 5.96. The van der Waals surface area contributed by atoms with Gasteiger partial charge >= 0.3 is 0 Å². The van der Waals surface area contributed by atoms with Crippen molar-refractivity contribution < 1.29 is 0 Å². The third kappa shape index (κ3) is 3.54. The first-order chi connectivity index (χ1) is 14.7. The van der Waals surface area contributed by atoms with Crippen molar-refractivity contribution in [2.45, 2.75) is 39.3 Å². The average molecular weight is 419 g/mol. The monoisotopic (exact) mass is 418 g/mol. The molecule has 154 valence electrons. The fraction of sp³-hybridized carbons (Fsp3) is 0.348. The van der Waals surface area contributed by atoms with Crippen LogP contribution in [0.25, 0.3) is 21.9 Å². The van der Waals surface area contributed by atoms with Gasteiger partial charge in [0.2, 0.25) is 0 Å². The minimum Gasteiger partial charge on any atom is -0.372 e. The fourth-order valence-corrected chi connectivity index (χ4v) is 4.66. The molecule has 1 aliphatic heterocycles. The van der Waals surface area contributed by atoms with Gasteiger partial charge < -0.3 is 19.8 Å². The first kappa shape index (κ1) is 19.1. The summed E-state index contributed by atoms with van der Waals surface area (Å²) < 4.78 is 2.82. The number of fused-ring (bicyclic) bond motifs is 2. The summed E-state index contributed by atoms with van der Waals surface area (Å²) in [6, 6.07) is 13.1. The molecule has 0 unspecified atom stereocenters. The summed E-state index contributed by atoms with van der Waals surface area (Å²) in [6.45, 7) is 5.98. The second kappa shape index (κ2) is 8.07. The first-order valence-electron chi connectivity index (χ1n) is 10.7. The number of piperidine rings is 1. The summed E-state index contributed by atoms with van der Waals surface area (Å²) in [5.41, 5.74) is 5.56. The molecule has 0 bridgehead atoms. The Balaban J connectivity index is 1.38. The van der Waals surface area contributed by atoms with Crippen LogP contribution in [0.2, 0.25) is 0 Å². The predicted octanol–water partition coefficient (Wildman–Crippen LogP) is 5.26. The van der Waals surface area contributed by atoms with Gasteiger partial charge in [-0.15, -0.1) is 0 Å². The summed E-state index contributed by atoms with van der Waals surface area (Å²) in [5, 5.41) is 4.49. The van der Waals surface area contributed by atoms with Crippen molar-refractivity contribution in [3.8, 4) is 0 Å². The number of aromatic nitrogens is 4. The molecule has 2 aromatic carbocycles. The minimum atomic E-state index is 0.719. The maximum Gasteiger partial charge on any atom is 0.178 e. The third-order valence-corrected chi connectivity index (χ3v) is 6.29. The van der Waals surface area contributed by atoms with Crippen molar-refractivity contribution in [1.29, 1.82) is 0 Å². The molecule has 30 heavy (non-hydrogen) atoms. The molecule has 0 amide bonds. The number of nitrogens with zero attached hydrogens (tertiary/aromatic N) is 4. The van der Waals surface area contributed by atoms with Gasteiger partial charge in [0.05, 0.1) is 16.6 Å². The van der Waals surface area contributed by atoms with Gasteiger partial charge in [0.15, 0.2) is 4.77 Å². The van der Waals surface area contributed by atoms with Crippen molar-refractivity contribution in [2.75, 3.05) is 23.3 Å². The molecule has 4 aromatic rings. The maximum atomic E-state index is 5.45. The zero-order valence-corrected chi connectivity index (χ0v) is 18.0. The van der Waals surface area contributed by atoms with Gasteiger partial charge in [-0.25, -0.2) is 9.97 Å². The lowest BCUT2D eigenvalue weighted by Gasteiger charge is -2.28. The lowest BCUT2D eigenvalue weighted by Crippen LogP contribution is -2.29. The van der Waals surface area contributed by atoms with Crippen molar-refractivity contribution in [2.24, 2.45) is 0 Å². The van der Waals surface area contributed by atoms with E-state index in [1.54, 1.807) is 6.33 Å². The molecule has 0 saturated carbocycles. The Bertz CT molecular complexity index is 1230. The lowest BCUT2D eigenvalue weighted by molar-refractivity contribution is 0.578. The van der Waals surface area contributed by atoms with E-state index in [0.717, 1.165) is 45.6 Å². The smallest absolute Gasteiger partial charge is 0.178 e. The molecule has 6 nitrogen and oxygen atoms in total. The van der Waals surface area contributed by atoms with Crippen LogP contribution >= 0.6 is 12.2 Å². The van der Waals surface area contributed by atoms with E-state index in [-0.39, 0.29) is 0 Å². The molecule has 0 aliphatic carbocycles. The van der Waals surface area contributed by atoms with Gasteiger partial charge in [-0.3, -0.25) is 0 Å². The summed E-state index contributed by atoms with van der Waals surface area (Å²) in [5.74, 6) is 0.838. The van der Waals surface area contributed by atoms with Crippen LogP contribution in [0, 0.1) is 4.77 Å². The van der Waals surface area contributed by atoms with Crippen LogP contribution in [0.15, 0.2) is 42.7 Å². The quantitative estimate of drug-likeness (QED) is 0.433. The highest BCUT2D eigenvalue weighted by Gasteiger charge is 2.12. The van der Waals surface area contributed by atoms with Crippen LogP contribution in [0.3, 0.4) is 0 Å². The van der Waals surface area contributed by atoms with Crippen molar-refractivity contribution in [1.82, 2.24) is 19.5 Å². The number of benzene rings is 2. The van der Waals surface area contributed by atoms with Gasteiger partial charge in [-0.1, -0.05) is 12.1 Å². The predicted molar refractivity (Wildman–Crippen MR) is 126 cm³/mol. The molecule has 0 atom stereocenters. The second-order valence-electron chi connectivity index (χ2n) is 7.85. The summed E-state index contributed by atoms with van der Waals surface area (Å²) in [7, 11) is 0. The SMILES string of the molecule is CCn1c(=S)[nH]c2cc3c(NCc4ccc(N5CCCCC5)cc4)ncnc3cc21. The highest BCUT2D eigenvalue weighted by atomic mass is 32.1. The van der Waals surface area contributed by atoms with Gasteiger partial charge in [-0.05, 0) is 68.2 Å². The number of aryl methyl sites for hydroxylation is 1. The topological polar surface area (TPSA) is 61.8 Å². The molecule has 0 spiro atoms. The molecule has 1 fully saturated rings. The van der Waals surface area contributed by atoms with Crippen LogP contribution < -0.4 is 10.2 Å². The van der Waals surface area contributed by atoms with Crippen LogP contribution in [-0.2, 0) is 13.1 Å². The maximum absolute atomic E-state index is 5.45. The summed E-state index contributed by atoms with van der Waals surface area (Å²) >= 11 is 5.45. The molecule has 0 radical (unpaired) electrons. The number of rotatable bonds is 5. The zero-order chi connectivity index (χ0) is 20.5. The Labute approximate surface area is 181 Å². The normalized spacial score (nSPS) is 14.5. The molecule has 5 rings (SSSR count). The molecule has 7 heteroatoms.